The standard InChI is InChI=1S/C23H23N7O3S/c1-16-21(17(2)30-23(27-16)19(14-25)15-26-30)7-8-22(31)28-9-11-29(12-10-28)34(32,33)20-5-3-18(13-24)4-6-20/h3-6,15H,7-12H2,1-2H3. The highest BCUT2D eigenvalue weighted by Gasteiger charge is 2.30. The third-order valence-electron chi connectivity index (χ3n) is 6.13. The number of aromatic nitrogens is 3. The maximum absolute atomic E-state index is 12.9. The number of benzene rings is 1. The lowest BCUT2D eigenvalue weighted by molar-refractivity contribution is -0.132. The minimum Gasteiger partial charge on any atom is -0.340 e. The van der Waals surface area contributed by atoms with E-state index in [9.17, 15) is 18.5 Å². The molecule has 174 valence electrons. The molecule has 3 heterocycles. The third kappa shape index (κ3) is 4.23. The summed E-state index contributed by atoms with van der Waals surface area (Å²) >= 11 is 0. The molecule has 0 atom stereocenters. The molecule has 34 heavy (non-hydrogen) atoms. The van der Waals surface area contributed by atoms with Crippen molar-refractivity contribution in [2.24, 2.45) is 0 Å². The number of piperazine rings is 1. The van der Waals surface area contributed by atoms with Gasteiger partial charge >= 0.3 is 0 Å². The molecule has 0 radical (unpaired) electrons. The topological polar surface area (TPSA) is 135 Å². The van der Waals surface area contributed by atoms with Gasteiger partial charge in [0.15, 0.2) is 5.65 Å². The lowest BCUT2D eigenvalue weighted by Crippen LogP contribution is -2.50. The molecule has 2 aromatic heterocycles. The fourth-order valence-corrected chi connectivity index (χ4v) is 5.59. The summed E-state index contributed by atoms with van der Waals surface area (Å²) in [5, 5.41) is 22.3. The summed E-state index contributed by atoms with van der Waals surface area (Å²) in [6.07, 6.45) is 2.23. The van der Waals surface area contributed by atoms with Gasteiger partial charge in [0.1, 0.15) is 11.6 Å². The summed E-state index contributed by atoms with van der Waals surface area (Å²) in [6.45, 7) is 4.80. The Bertz CT molecular complexity index is 1440. The van der Waals surface area contributed by atoms with Crippen LogP contribution in [0.1, 0.15) is 34.5 Å². The zero-order valence-electron chi connectivity index (χ0n) is 18.9. The van der Waals surface area contributed by atoms with Crippen LogP contribution in [-0.4, -0.2) is 64.3 Å². The number of nitrogens with zero attached hydrogens (tertiary/aromatic N) is 7. The quantitative estimate of drug-likeness (QED) is 0.544. The molecule has 0 N–H and O–H groups in total. The van der Waals surface area contributed by atoms with Gasteiger partial charge in [0.05, 0.1) is 22.7 Å². The third-order valence-corrected chi connectivity index (χ3v) is 8.04. The van der Waals surface area contributed by atoms with Gasteiger partial charge in [-0.1, -0.05) is 0 Å². The molecule has 11 heteroatoms. The van der Waals surface area contributed by atoms with Crippen LogP contribution in [0.2, 0.25) is 0 Å². The van der Waals surface area contributed by atoms with Gasteiger partial charge in [-0.25, -0.2) is 17.9 Å². The number of hydrogen-bond acceptors (Lipinski definition) is 7. The van der Waals surface area contributed by atoms with Crippen LogP contribution in [0.4, 0.5) is 0 Å². The fraction of sp³-hybridized carbons (Fsp3) is 0.348. The number of nitriles is 2. The van der Waals surface area contributed by atoms with Crippen molar-refractivity contribution in [3.05, 3.63) is 58.5 Å². The largest absolute Gasteiger partial charge is 0.340 e. The van der Waals surface area contributed by atoms with Gasteiger partial charge in [-0.05, 0) is 50.1 Å². The van der Waals surface area contributed by atoms with E-state index >= 15 is 0 Å². The molecule has 1 aromatic carbocycles. The Balaban J connectivity index is 1.39. The molecule has 0 unspecified atom stereocenters. The van der Waals surface area contributed by atoms with Crippen LogP contribution < -0.4 is 0 Å². The van der Waals surface area contributed by atoms with Gasteiger partial charge in [-0.15, -0.1) is 0 Å². The molecule has 0 aliphatic carbocycles. The summed E-state index contributed by atoms with van der Waals surface area (Å²) in [5.74, 6) is -0.0486. The Morgan fingerprint density at radius 3 is 2.35 bits per heavy atom. The van der Waals surface area contributed by atoms with E-state index in [1.54, 1.807) is 9.42 Å². The molecule has 10 nitrogen and oxygen atoms in total. The van der Waals surface area contributed by atoms with E-state index in [0.29, 0.717) is 36.3 Å². The summed E-state index contributed by atoms with van der Waals surface area (Å²) in [5.41, 5.74) is 3.82. The van der Waals surface area contributed by atoms with Gasteiger partial charge in [-0.3, -0.25) is 4.79 Å². The summed E-state index contributed by atoms with van der Waals surface area (Å²) in [6, 6.07) is 9.87. The molecular weight excluding hydrogens is 454 g/mol. The zero-order valence-corrected chi connectivity index (χ0v) is 19.7. The highest BCUT2D eigenvalue weighted by atomic mass is 32.2. The van der Waals surface area contributed by atoms with Crippen LogP contribution in [0.15, 0.2) is 35.4 Å². The maximum atomic E-state index is 12.9. The number of carbonyl (C=O) groups is 1. The lowest BCUT2D eigenvalue weighted by Gasteiger charge is -2.34. The van der Waals surface area contributed by atoms with Gasteiger partial charge in [0, 0.05) is 44.0 Å². The monoisotopic (exact) mass is 477 g/mol. The number of fused-ring (bicyclic) bond motifs is 1. The Kier molecular flexibility index (Phi) is 6.33. The van der Waals surface area contributed by atoms with Crippen molar-refractivity contribution in [3.8, 4) is 12.1 Å². The number of hydrogen-bond donors (Lipinski definition) is 0. The molecule has 0 saturated carbocycles. The minimum atomic E-state index is -3.68. The fourth-order valence-electron chi connectivity index (χ4n) is 4.17. The Morgan fingerprint density at radius 1 is 1.06 bits per heavy atom. The average molecular weight is 478 g/mol. The predicted molar refractivity (Wildman–Crippen MR) is 122 cm³/mol. The van der Waals surface area contributed by atoms with Crippen LogP contribution in [0.3, 0.4) is 0 Å². The summed E-state index contributed by atoms with van der Waals surface area (Å²) in [7, 11) is -3.68. The first-order chi connectivity index (χ1) is 16.3. The first-order valence-electron chi connectivity index (χ1n) is 10.8. The number of carbonyl (C=O) groups excluding carboxylic acids is 1. The number of rotatable bonds is 5. The Labute approximate surface area is 197 Å². The van der Waals surface area contributed by atoms with E-state index in [0.717, 1.165) is 17.0 Å². The number of sulfonamides is 1. The second-order valence-corrected chi connectivity index (χ2v) is 10.0. The van der Waals surface area contributed by atoms with Gasteiger partial charge in [0.25, 0.3) is 0 Å². The summed E-state index contributed by atoms with van der Waals surface area (Å²) < 4.78 is 28.8. The van der Waals surface area contributed by atoms with E-state index in [1.807, 2.05) is 19.9 Å². The molecule has 1 fully saturated rings. The number of amides is 1. The normalized spacial score (nSPS) is 14.6. The average Bonchev–Trinajstić information content (AvgIpc) is 3.26. The van der Waals surface area contributed by atoms with E-state index in [4.69, 9.17) is 5.26 Å². The van der Waals surface area contributed by atoms with E-state index in [2.05, 4.69) is 16.2 Å². The maximum Gasteiger partial charge on any atom is 0.243 e. The van der Waals surface area contributed by atoms with Crippen molar-refractivity contribution >= 4 is 21.6 Å². The molecular formula is C23H23N7O3S. The van der Waals surface area contributed by atoms with Crippen LogP contribution >= 0.6 is 0 Å². The SMILES string of the molecule is Cc1nc2c(C#N)cnn2c(C)c1CCC(=O)N1CCN(S(=O)(=O)c2ccc(C#N)cc2)CC1. The molecule has 0 bridgehead atoms. The smallest absolute Gasteiger partial charge is 0.243 e. The van der Waals surface area contributed by atoms with Crippen molar-refractivity contribution in [1.29, 1.82) is 10.5 Å². The van der Waals surface area contributed by atoms with Gasteiger partial charge < -0.3 is 4.90 Å². The lowest BCUT2D eigenvalue weighted by atomic mass is 10.1. The minimum absolute atomic E-state index is 0.0486. The van der Waals surface area contributed by atoms with E-state index < -0.39 is 10.0 Å². The highest BCUT2D eigenvalue weighted by molar-refractivity contribution is 7.89. The molecule has 1 aliphatic rings. The Morgan fingerprint density at radius 2 is 1.74 bits per heavy atom. The van der Waals surface area contributed by atoms with E-state index in [1.165, 1.54) is 34.8 Å². The second-order valence-electron chi connectivity index (χ2n) is 8.09. The van der Waals surface area contributed by atoms with Crippen LogP contribution in [-0.2, 0) is 21.2 Å². The molecule has 1 aliphatic heterocycles. The molecule has 1 amide bonds. The first kappa shape index (κ1) is 23.4. The van der Waals surface area contributed by atoms with Crippen LogP contribution in [0, 0.1) is 36.5 Å². The van der Waals surface area contributed by atoms with Gasteiger partial charge in [0.2, 0.25) is 15.9 Å². The van der Waals surface area contributed by atoms with E-state index in [-0.39, 0.29) is 30.3 Å². The number of aryl methyl sites for hydroxylation is 2. The highest BCUT2D eigenvalue weighted by Crippen LogP contribution is 2.21. The first-order valence-corrected chi connectivity index (χ1v) is 12.2. The second kappa shape index (κ2) is 9.21. The van der Waals surface area contributed by atoms with Crippen LogP contribution in [0.25, 0.3) is 5.65 Å². The van der Waals surface area contributed by atoms with Crippen molar-refractivity contribution in [1.82, 2.24) is 23.8 Å². The Hall–Kier alpha value is -3.80. The molecule has 3 aromatic rings. The zero-order chi connectivity index (χ0) is 24.5. The van der Waals surface area contributed by atoms with Gasteiger partial charge in [-0.2, -0.15) is 19.9 Å². The van der Waals surface area contributed by atoms with Crippen molar-refractivity contribution < 1.29 is 13.2 Å². The molecule has 1 saturated heterocycles. The van der Waals surface area contributed by atoms with Crippen molar-refractivity contribution in [2.75, 3.05) is 26.2 Å². The van der Waals surface area contributed by atoms with Crippen molar-refractivity contribution in [3.63, 3.8) is 0 Å². The van der Waals surface area contributed by atoms with Crippen molar-refractivity contribution in [2.45, 2.75) is 31.6 Å². The molecule has 0 spiro atoms. The summed E-state index contributed by atoms with van der Waals surface area (Å²) in [4.78, 5) is 19.2. The van der Waals surface area contributed by atoms with Crippen LogP contribution in [0.5, 0.6) is 0 Å². The predicted octanol–water partition coefficient (Wildman–Crippen LogP) is 1.56. The molecule has 4 rings (SSSR count).